The number of hydrogen-bond donors (Lipinski definition) is 1. The highest BCUT2D eigenvalue weighted by Crippen LogP contribution is 2.35. The van der Waals surface area contributed by atoms with Gasteiger partial charge in [0.2, 0.25) is 0 Å². The summed E-state index contributed by atoms with van der Waals surface area (Å²) >= 11 is 6.54. The number of amides is 1. The van der Waals surface area contributed by atoms with Crippen LogP contribution >= 0.6 is 11.6 Å². The first-order chi connectivity index (χ1) is 18.9. The van der Waals surface area contributed by atoms with Crippen molar-refractivity contribution < 1.29 is 23.5 Å². The predicted octanol–water partition coefficient (Wildman–Crippen LogP) is 5.10. The van der Waals surface area contributed by atoms with E-state index in [0.717, 1.165) is 27.7 Å². The zero-order valence-corrected chi connectivity index (χ0v) is 21.7. The van der Waals surface area contributed by atoms with Crippen LogP contribution in [0.4, 0.5) is 0 Å². The van der Waals surface area contributed by atoms with Gasteiger partial charge < -0.3 is 23.8 Å². The molecular formula is C30H23ClN2O6. The molecule has 196 valence electrons. The Morgan fingerprint density at radius 1 is 1.05 bits per heavy atom. The molecule has 5 aromatic rings. The molecule has 1 aliphatic heterocycles. The summed E-state index contributed by atoms with van der Waals surface area (Å²) in [5, 5.41) is 1.91. The molecule has 3 aromatic carbocycles. The fraction of sp³-hybridized carbons (Fsp3) is 0.167. The molecule has 9 heteroatoms. The number of aromatic nitrogens is 1. The Hall–Kier alpha value is -4.56. The van der Waals surface area contributed by atoms with E-state index in [9.17, 15) is 14.4 Å². The van der Waals surface area contributed by atoms with Gasteiger partial charge in [-0.1, -0.05) is 60.1 Å². The molecule has 6 rings (SSSR count). The Balaban J connectivity index is 1.28. The van der Waals surface area contributed by atoms with Crippen molar-refractivity contribution in [3.8, 4) is 16.9 Å². The second-order valence-corrected chi connectivity index (χ2v) is 9.71. The number of esters is 1. The highest BCUT2D eigenvalue weighted by molar-refractivity contribution is 6.33. The molecule has 0 fully saturated rings. The van der Waals surface area contributed by atoms with E-state index in [-0.39, 0.29) is 29.5 Å². The number of nitrogens with zero attached hydrogens (tertiary/aromatic N) is 1. The Labute approximate surface area is 227 Å². The third-order valence-electron chi connectivity index (χ3n) is 7.03. The number of hydrogen-bond acceptors (Lipinski definition) is 6. The van der Waals surface area contributed by atoms with Crippen molar-refractivity contribution in [3.05, 3.63) is 99.5 Å². The number of H-pyrrole nitrogens is 1. The highest BCUT2D eigenvalue weighted by atomic mass is 35.5. The van der Waals surface area contributed by atoms with Crippen LogP contribution in [0.25, 0.3) is 33.0 Å². The summed E-state index contributed by atoms with van der Waals surface area (Å²) in [6.07, 6.45) is 0.321. The number of carbonyl (C=O) groups is 2. The third-order valence-corrected chi connectivity index (χ3v) is 7.33. The quantitative estimate of drug-likeness (QED) is 0.245. The van der Waals surface area contributed by atoms with Gasteiger partial charge in [0.25, 0.3) is 5.91 Å². The lowest BCUT2D eigenvalue weighted by molar-refractivity contribution is -0.154. The molecule has 0 radical (unpaired) electrons. The second-order valence-electron chi connectivity index (χ2n) is 9.31. The summed E-state index contributed by atoms with van der Waals surface area (Å²) in [5.41, 5.74) is 4.07. The van der Waals surface area contributed by atoms with Crippen molar-refractivity contribution in [1.82, 2.24) is 9.88 Å². The van der Waals surface area contributed by atoms with Gasteiger partial charge in [0.1, 0.15) is 17.4 Å². The predicted molar refractivity (Wildman–Crippen MR) is 147 cm³/mol. The smallest absolute Gasteiger partial charge is 0.336 e. The van der Waals surface area contributed by atoms with E-state index >= 15 is 0 Å². The number of ether oxygens (including phenoxy) is 2. The van der Waals surface area contributed by atoms with Gasteiger partial charge in [-0.25, -0.2) is 9.59 Å². The van der Waals surface area contributed by atoms with Gasteiger partial charge in [0.05, 0.1) is 18.7 Å². The molecule has 0 aliphatic carbocycles. The fourth-order valence-electron chi connectivity index (χ4n) is 5.17. The van der Waals surface area contributed by atoms with Gasteiger partial charge in [-0.05, 0) is 28.8 Å². The first-order valence-corrected chi connectivity index (χ1v) is 12.7. The number of methoxy groups -OCH3 is 1. The number of para-hydroxylation sites is 1. The molecule has 8 nitrogen and oxygen atoms in total. The van der Waals surface area contributed by atoms with E-state index in [0.29, 0.717) is 17.4 Å². The molecule has 1 unspecified atom stereocenters. The summed E-state index contributed by atoms with van der Waals surface area (Å²) in [7, 11) is 1.30. The monoisotopic (exact) mass is 542 g/mol. The number of fused-ring (bicyclic) bond motifs is 4. The Bertz CT molecular complexity index is 1790. The summed E-state index contributed by atoms with van der Waals surface area (Å²) in [6, 6.07) is 21.0. The molecule has 2 aromatic heterocycles. The SMILES string of the molecule is COC(=O)C1Cc2c([nH]c3ccccc23)CN1C(=O)COc1cc2oc(=O)cc(-c3ccccc3)c2cc1Cl. The summed E-state index contributed by atoms with van der Waals surface area (Å²) in [6.45, 7) is -0.177. The molecule has 0 saturated heterocycles. The summed E-state index contributed by atoms with van der Waals surface area (Å²) in [5.74, 6) is -0.729. The van der Waals surface area contributed by atoms with Gasteiger partial charge in [-0.15, -0.1) is 0 Å². The van der Waals surface area contributed by atoms with Gasteiger partial charge in [-0.3, -0.25) is 4.79 Å². The molecule has 0 bridgehead atoms. The molecule has 1 N–H and O–H groups in total. The van der Waals surface area contributed by atoms with Crippen LogP contribution in [0.1, 0.15) is 11.3 Å². The number of aromatic amines is 1. The zero-order chi connectivity index (χ0) is 27.1. The van der Waals surface area contributed by atoms with Crippen LogP contribution in [0.3, 0.4) is 0 Å². The minimum absolute atomic E-state index is 0.184. The molecule has 1 amide bonds. The maximum atomic E-state index is 13.4. The molecule has 0 spiro atoms. The van der Waals surface area contributed by atoms with E-state index in [1.807, 2.05) is 54.6 Å². The van der Waals surface area contributed by atoms with Crippen molar-refractivity contribution >= 4 is 45.3 Å². The van der Waals surface area contributed by atoms with E-state index in [1.54, 1.807) is 6.07 Å². The van der Waals surface area contributed by atoms with E-state index < -0.39 is 23.5 Å². The van der Waals surface area contributed by atoms with Crippen LogP contribution in [0.15, 0.2) is 82.0 Å². The fourth-order valence-corrected chi connectivity index (χ4v) is 5.39. The molecule has 0 saturated carbocycles. The van der Waals surface area contributed by atoms with Crippen molar-refractivity contribution in [3.63, 3.8) is 0 Å². The molecule has 3 heterocycles. The van der Waals surface area contributed by atoms with Crippen molar-refractivity contribution in [1.29, 1.82) is 0 Å². The van der Waals surface area contributed by atoms with E-state index in [2.05, 4.69) is 4.98 Å². The first-order valence-electron chi connectivity index (χ1n) is 12.3. The summed E-state index contributed by atoms with van der Waals surface area (Å²) < 4.78 is 16.2. The standard InChI is InChI=1S/C30H23ClN2O6/c1-37-30(36)25-12-20-18-9-5-6-10-23(18)32-24(20)15-33(25)28(34)16-38-27-14-26-21(11-22(27)31)19(13-29(35)39-26)17-7-3-2-4-8-17/h2-11,13-14,25,32H,12,15-16H2,1H3. The normalized spacial score (nSPS) is 14.8. The number of halogens is 1. The van der Waals surface area contributed by atoms with E-state index in [1.165, 1.54) is 24.1 Å². The molecular weight excluding hydrogens is 520 g/mol. The minimum atomic E-state index is -0.795. The van der Waals surface area contributed by atoms with Crippen LogP contribution in [0, 0.1) is 0 Å². The zero-order valence-electron chi connectivity index (χ0n) is 20.9. The summed E-state index contributed by atoms with van der Waals surface area (Å²) in [4.78, 5) is 43.1. The first kappa shape index (κ1) is 24.8. The largest absolute Gasteiger partial charge is 0.482 e. The second kappa shape index (κ2) is 9.96. The molecule has 1 atom stereocenters. The number of carbonyl (C=O) groups excluding carboxylic acids is 2. The van der Waals surface area contributed by atoms with Crippen LogP contribution in [0.2, 0.25) is 5.02 Å². The van der Waals surface area contributed by atoms with Crippen LogP contribution < -0.4 is 10.4 Å². The van der Waals surface area contributed by atoms with Gasteiger partial charge in [0, 0.05) is 40.5 Å². The Morgan fingerprint density at radius 2 is 1.82 bits per heavy atom. The number of nitrogens with one attached hydrogen (secondary N) is 1. The lowest BCUT2D eigenvalue weighted by Crippen LogP contribution is -2.50. The van der Waals surface area contributed by atoms with Crippen molar-refractivity contribution in [2.24, 2.45) is 0 Å². The van der Waals surface area contributed by atoms with Crippen molar-refractivity contribution in [2.75, 3.05) is 13.7 Å². The maximum absolute atomic E-state index is 13.4. The number of benzene rings is 3. The Morgan fingerprint density at radius 3 is 2.62 bits per heavy atom. The molecule has 39 heavy (non-hydrogen) atoms. The van der Waals surface area contributed by atoms with E-state index in [4.69, 9.17) is 25.5 Å². The third kappa shape index (κ3) is 4.53. The van der Waals surface area contributed by atoms with Gasteiger partial charge >= 0.3 is 11.6 Å². The Kier molecular flexibility index (Phi) is 6.32. The minimum Gasteiger partial charge on any atom is -0.482 e. The van der Waals surface area contributed by atoms with Crippen molar-refractivity contribution in [2.45, 2.75) is 19.0 Å². The average Bonchev–Trinajstić information content (AvgIpc) is 3.32. The van der Waals surface area contributed by atoms with Crippen LogP contribution in [0.5, 0.6) is 5.75 Å². The van der Waals surface area contributed by atoms with Crippen LogP contribution in [-0.2, 0) is 27.3 Å². The molecule has 1 aliphatic rings. The van der Waals surface area contributed by atoms with Gasteiger partial charge in [-0.2, -0.15) is 0 Å². The van der Waals surface area contributed by atoms with Gasteiger partial charge in [0.15, 0.2) is 6.61 Å². The highest BCUT2D eigenvalue weighted by Gasteiger charge is 2.37. The number of rotatable bonds is 5. The average molecular weight is 543 g/mol. The maximum Gasteiger partial charge on any atom is 0.336 e. The van der Waals surface area contributed by atoms with Crippen LogP contribution in [-0.4, -0.2) is 41.5 Å². The lowest BCUT2D eigenvalue weighted by atomic mass is 9.96. The lowest BCUT2D eigenvalue weighted by Gasteiger charge is -2.33. The topological polar surface area (TPSA) is 102 Å².